The number of alkyl halides is 2. The summed E-state index contributed by atoms with van der Waals surface area (Å²) in [5.74, 6) is -0.360. The summed E-state index contributed by atoms with van der Waals surface area (Å²) in [5, 5.41) is 2.47. The van der Waals surface area contributed by atoms with Crippen molar-refractivity contribution in [1.82, 2.24) is 0 Å². The van der Waals surface area contributed by atoms with Gasteiger partial charge in [-0.25, -0.2) is 4.79 Å². The monoisotopic (exact) mass is 365 g/mol. The third-order valence-electron chi connectivity index (χ3n) is 3.31. The number of fused-ring (bicyclic) bond motifs is 1. The van der Waals surface area contributed by atoms with Gasteiger partial charge in [-0.15, -0.1) is 0 Å². The molecule has 0 fully saturated rings. The third-order valence-corrected chi connectivity index (χ3v) is 3.31. The highest BCUT2D eigenvalue weighted by Gasteiger charge is 2.17. The summed E-state index contributed by atoms with van der Waals surface area (Å²) in [6.07, 6.45) is 0. The maximum absolute atomic E-state index is 12.1. The molecule has 26 heavy (non-hydrogen) atoms. The lowest BCUT2D eigenvalue weighted by Gasteiger charge is -2.08. The molecule has 1 aliphatic heterocycles. The average molecular weight is 365 g/mol. The Bertz CT molecular complexity index is 809. The molecule has 136 valence electrons. The van der Waals surface area contributed by atoms with Gasteiger partial charge in [0.1, 0.15) is 5.75 Å². The van der Waals surface area contributed by atoms with E-state index in [1.54, 1.807) is 6.07 Å². The summed E-state index contributed by atoms with van der Waals surface area (Å²) in [6, 6.07) is 9.85. The number of hydrogen-bond acceptors (Lipinski definition) is 6. The fourth-order valence-electron chi connectivity index (χ4n) is 2.15. The highest BCUT2D eigenvalue weighted by molar-refractivity contribution is 5.95. The number of carbonyl (C=O) groups is 2. The molecule has 0 unspecified atom stereocenters. The first-order valence-electron chi connectivity index (χ1n) is 7.43. The second-order valence-electron chi connectivity index (χ2n) is 5.10. The van der Waals surface area contributed by atoms with Crippen LogP contribution in [0.15, 0.2) is 42.5 Å². The predicted octanol–water partition coefficient (Wildman–Crippen LogP) is 2.81. The van der Waals surface area contributed by atoms with E-state index in [0.717, 1.165) is 0 Å². The molecule has 1 heterocycles. The average Bonchev–Trinajstić information content (AvgIpc) is 3.08. The Balaban J connectivity index is 1.50. The summed E-state index contributed by atoms with van der Waals surface area (Å²) in [4.78, 5) is 23.8. The summed E-state index contributed by atoms with van der Waals surface area (Å²) in [6.45, 7) is -3.36. The van der Waals surface area contributed by atoms with Gasteiger partial charge in [-0.3, -0.25) is 4.79 Å². The van der Waals surface area contributed by atoms with Gasteiger partial charge in [-0.2, -0.15) is 8.78 Å². The van der Waals surface area contributed by atoms with Gasteiger partial charge in [0.2, 0.25) is 6.79 Å². The number of anilines is 1. The first-order chi connectivity index (χ1) is 12.5. The van der Waals surface area contributed by atoms with Crippen molar-refractivity contribution in [3.63, 3.8) is 0 Å². The van der Waals surface area contributed by atoms with Crippen molar-refractivity contribution in [2.45, 2.75) is 6.61 Å². The zero-order valence-corrected chi connectivity index (χ0v) is 13.2. The number of ether oxygens (including phenoxy) is 4. The van der Waals surface area contributed by atoms with Gasteiger partial charge in [0.25, 0.3) is 5.91 Å². The van der Waals surface area contributed by atoms with Crippen LogP contribution in [-0.2, 0) is 9.53 Å². The number of carbonyl (C=O) groups excluding carboxylic acids is 2. The van der Waals surface area contributed by atoms with Crippen molar-refractivity contribution >= 4 is 17.6 Å². The van der Waals surface area contributed by atoms with Crippen LogP contribution in [0.3, 0.4) is 0 Å². The first kappa shape index (κ1) is 17.5. The Labute approximate surface area is 146 Å². The minimum absolute atomic E-state index is 0.0350. The van der Waals surface area contributed by atoms with Gasteiger partial charge in [-0.05, 0) is 42.5 Å². The molecule has 0 saturated carbocycles. The van der Waals surface area contributed by atoms with Crippen LogP contribution < -0.4 is 19.5 Å². The molecule has 0 radical (unpaired) electrons. The van der Waals surface area contributed by atoms with Crippen molar-refractivity contribution in [1.29, 1.82) is 0 Å². The van der Waals surface area contributed by atoms with Crippen molar-refractivity contribution in [3.8, 4) is 17.2 Å². The molecule has 9 heteroatoms. The number of esters is 1. The highest BCUT2D eigenvalue weighted by Crippen LogP contribution is 2.32. The summed E-state index contributed by atoms with van der Waals surface area (Å²) in [7, 11) is 0. The van der Waals surface area contributed by atoms with Crippen molar-refractivity contribution in [3.05, 3.63) is 48.0 Å². The molecule has 2 aromatic rings. The molecule has 3 rings (SSSR count). The fourth-order valence-corrected chi connectivity index (χ4v) is 2.15. The van der Waals surface area contributed by atoms with E-state index in [9.17, 15) is 18.4 Å². The Morgan fingerprint density at radius 2 is 1.81 bits per heavy atom. The number of benzene rings is 2. The molecular weight excluding hydrogens is 352 g/mol. The van der Waals surface area contributed by atoms with E-state index in [1.807, 2.05) is 0 Å². The van der Waals surface area contributed by atoms with E-state index < -0.39 is 25.1 Å². The summed E-state index contributed by atoms with van der Waals surface area (Å²) >= 11 is 0. The lowest BCUT2D eigenvalue weighted by Crippen LogP contribution is -2.20. The van der Waals surface area contributed by atoms with Crippen LogP contribution in [0.2, 0.25) is 0 Å². The Hall–Kier alpha value is -3.36. The van der Waals surface area contributed by atoms with E-state index in [1.165, 1.54) is 36.4 Å². The topological polar surface area (TPSA) is 83.1 Å². The highest BCUT2D eigenvalue weighted by atomic mass is 19.3. The Kier molecular flexibility index (Phi) is 5.16. The number of halogens is 2. The van der Waals surface area contributed by atoms with Crippen LogP contribution >= 0.6 is 0 Å². The molecule has 7 nitrogen and oxygen atoms in total. The first-order valence-corrected chi connectivity index (χ1v) is 7.43. The second-order valence-corrected chi connectivity index (χ2v) is 5.10. The van der Waals surface area contributed by atoms with E-state index in [-0.39, 0.29) is 18.1 Å². The fraction of sp³-hybridized carbons (Fsp3) is 0.176. The van der Waals surface area contributed by atoms with Gasteiger partial charge in [0.15, 0.2) is 18.1 Å². The van der Waals surface area contributed by atoms with Gasteiger partial charge >= 0.3 is 12.6 Å². The van der Waals surface area contributed by atoms with Gasteiger partial charge in [0, 0.05) is 5.69 Å². The molecule has 1 aliphatic rings. The lowest BCUT2D eigenvalue weighted by atomic mass is 10.2. The minimum atomic E-state index is -2.92. The Morgan fingerprint density at radius 3 is 2.54 bits per heavy atom. The molecule has 0 spiro atoms. The summed E-state index contributed by atoms with van der Waals surface area (Å²) < 4.78 is 43.6. The van der Waals surface area contributed by atoms with E-state index in [4.69, 9.17) is 14.2 Å². The van der Waals surface area contributed by atoms with E-state index >= 15 is 0 Å². The number of hydrogen-bond donors (Lipinski definition) is 1. The van der Waals surface area contributed by atoms with E-state index in [2.05, 4.69) is 10.1 Å². The number of nitrogens with one attached hydrogen (secondary N) is 1. The second kappa shape index (κ2) is 7.68. The zero-order chi connectivity index (χ0) is 18.5. The molecule has 0 aromatic heterocycles. The SMILES string of the molecule is O=C(COC(=O)c1ccc2c(c1)OCO2)Nc1ccc(OC(F)F)cc1. The molecule has 0 bridgehead atoms. The number of rotatable bonds is 6. The molecule has 1 amide bonds. The zero-order valence-electron chi connectivity index (χ0n) is 13.2. The molecule has 0 aliphatic carbocycles. The quantitative estimate of drug-likeness (QED) is 0.793. The van der Waals surface area contributed by atoms with Crippen LogP contribution in [-0.4, -0.2) is 31.9 Å². The maximum Gasteiger partial charge on any atom is 0.387 e. The standard InChI is InChI=1S/C17H13F2NO6/c18-17(19)26-12-4-2-11(3-5-12)20-15(21)8-23-16(22)10-1-6-13-14(7-10)25-9-24-13/h1-7,17H,8-9H2,(H,20,21). The third kappa shape index (κ3) is 4.38. The largest absolute Gasteiger partial charge is 0.454 e. The van der Waals surface area contributed by atoms with Crippen LogP contribution in [0.25, 0.3) is 0 Å². The Morgan fingerprint density at radius 1 is 1.08 bits per heavy atom. The maximum atomic E-state index is 12.1. The van der Waals surface area contributed by atoms with Crippen LogP contribution in [0, 0.1) is 0 Å². The van der Waals surface area contributed by atoms with Gasteiger partial charge < -0.3 is 24.3 Å². The van der Waals surface area contributed by atoms with Crippen molar-refractivity contribution in [2.75, 3.05) is 18.7 Å². The van der Waals surface area contributed by atoms with Crippen LogP contribution in [0.5, 0.6) is 17.2 Å². The molecule has 1 N–H and O–H groups in total. The normalized spacial score (nSPS) is 12.0. The van der Waals surface area contributed by atoms with Crippen LogP contribution in [0.4, 0.5) is 14.5 Å². The molecule has 0 saturated heterocycles. The van der Waals surface area contributed by atoms with Crippen molar-refractivity contribution in [2.24, 2.45) is 0 Å². The molecule has 0 atom stereocenters. The molecular formula is C17H13F2NO6. The van der Waals surface area contributed by atoms with Crippen molar-refractivity contribution < 1.29 is 37.3 Å². The molecule has 2 aromatic carbocycles. The predicted molar refractivity (Wildman–Crippen MR) is 84.6 cm³/mol. The summed E-state index contributed by atoms with van der Waals surface area (Å²) in [5.41, 5.74) is 0.561. The van der Waals surface area contributed by atoms with Gasteiger partial charge in [-0.1, -0.05) is 0 Å². The number of amides is 1. The van der Waals surface area contributed by atoms with Crippen LogP contribution in [0.1, 0.15) is 10.4 Å². The smallest absolute Gasteiger partial charge is 0.387 e. The minimum Gasteiger partial charge on any atom is -0.454 e. The lowest BCUT2D eigenvalue weighted by molar-refractivity contribution is -0.119. The van der Waals surface area contributed by atoms with E-state index in [0.29, 0.717) is 17.2 Å². The van der Waals surface area contributed by atoms with Gasteiger partial charge in [0.05, 0.1) is 5.56 Å².